The summed E-state index contributed by atoms with van der Waals surface area (Å²) in [5, 5.41) is 2.75. The molecule has 2 aromatic rings. The molecular weight excluding hydrogens is 293 g/mol. The molecule has 0 fully saturated rings. The monoisotopic (exact) mass is 305 g/mol. The molecule has 4 heteroatoms. The van der Waals surface area contributed by atoms with Gasteiger partial charge in [0.25, 0.3) is 5.91 Å². The maximum atomic E-state index is 12.1. The average molecular weight is 306 g/mol. The highest BCUT2D eigenvalue weighted by Gasteiger charge is 2.12. The van der Waals surface area contributed by atoms with E-state index in [9.17, 15) is 4.79 Å². The van der Waals surface area contributed by atoms with Gasteiger partial charge in [-0.15, -0.1) is 0 Å². The highest BCUT2D eigenvalue weighted by atomic mass is 35.5. The van der Waals surface area contributed by atoms with Gasteiger partial charge in [0.2, 0.25) is 0 Å². The topological polar surface area (TPSA) is 29.1 Å². The maximum Gasteiger partial charge on any atom is 0.255 e. The zero-order valence-corrected chi connectivity index (χ0v) is 12.4. The summed E-state index contributed by atoms with van der Waals surface area (Å²) in [7, 11) is 0. The van der Waals surface area contributed by atoms with Crippen LogP contribution in [0.2, 0.25) is 0 Å². The molecule has 0 unspecified atom stereocenters. The Labute approximate surface area is 128 Å². The average Bonchev–Trinajstić information content (AvgIpc) is 2.46. The lowest BCUT2D eigenvalue weighted by Gasteiger charge is -2.11. The summed E-state index contributed by atoms with van der Waals surface area (Å²) in [4.78, 5) is 12.1. The quantitative estimate of drug-likeness (QED) is 0.887. The van der Waals surface area contributed by atoms with Gasteiger partial charge in [-0.25, -0.2) is 0 Å². The van der Waals surface area contributed by atoms with E-state index in [1.165, 1.54) is 0 Å². The van der Waals surface area contributed by atoms with Crippen molar-refractivity contribution in [3.8, 4) is 0 Å². The van der Waals surface area contributed by atoms with Crippen LogP contribution in [0.1, 0.15) is 21.5 Å². The van der Waals surface area contributed by atoms with Crippen molar-refractivity contribution in [1.29, 1.82) is 0 Å². The second kappa shape index (κ2) is 6.60. The molecule has 2 rings (SSSR count). The molecule has 0 aliphatic heterocycles. The first-order valence-corrected chi connectivity index (χ1v) is 6.82. The van der Waals surface area contributed by atoms with Crippen LogP contribution in [0.15, 0.2) is 59.1 Å². The summed E-state index contributed by atoms with van der Waals surface area (Å²) in [5.41, 5.74) is 2.84. The summed E-state index contributed by atoms with van der Waals surface area (Å²) in [6.07, 6.45) is 0. The molecule has 1 N–H and O–H groups in total. The van der Waals surface area contributed by atoms with E-state index in [0.29, 0.717) is 11.3 Å². The van der Waals surface area contributed by atoms with Crippen LogP contribution in [0, 0.1) is 6.92 Å². The minimum atomic E-state index is -0.250. The van der Waals surface area contributed by atoms with Crippen LogP contribution in [0.4, 0.5) is 0 Å². The van der Waals surface area contributed by atoms with Gasteiger partial charge >= 0.3 is 0 Å². The summed E-state index contributed by atoms with van der Waals surface area (Å²) in [6.45, 7) is 1.98. The summed E-state index contributed by atoms with van der Waals surface area (Å²) >= 11 is 11.8. The number of halogens is 2. The number of rotatable bonds is 3. The lowest BCUT2D eigenvalue weighted by Crippen LogP contribution is -2.22. The van der Waals surface area contributed by atoms with E-state index in [0.717, 1.165) is 11.1 Å². The van der Waals surface area contributed by atoms with Crippen LogP contribution in [-0.2, 0) is 0 Å². The van der Waals surface area contributed by atoms with Crippen molar-refractivity contribution >= 4 is 34.8 Å². The molecule has 0 bridgehead atoms. The van der Waals surface area contributed by atoms with Gasteiger partial charge in [0.15, 0.2) is 0 Å². The van der Waals surface area contributed by atoms with Crippen LogP contribution >= 0.6 is 23.2 Å². The predicted octanol–water partition coefficient (Wildman–Crippen LogP) is 4.53. The number of hydrogen-bond acceptors (Lipinski definition) is 1. The molecule has 0 radical (unpaired) electrons. The van der Waals surface area contributed by atoms with E-state index < -0.39 is 0 Å². The van der Waals surface area contributed by atoms with E-state index in [1.54, 1.807) is 24.3 Å². The van der Waals surface area contributed by atoms with Crippen molar-refractivity contribution in [2.75, 3.05) is 0 Å². The van der Waals surface area contributed by atoms with Crippen LogP contribution in [0.5, 0.6) is 0 Å². The van der Waals surface area contributed by atoms with Crippen molar-refractivity contribution in [1.82, 2.24) is 5.32 Å². The summed E-state index contributed by atoms with van der Waals surface area (Å²) < 4.78 is 0.0261. The van der Waals surface area contributed by atoms with Crippen LogP contribution in [0.25, 0.3) is 5.70 Å². The molecule has 0 atom stereocenters. The van der Waals surface area contributed by atoms with E-state index in [-0.39, 0.29) is 10.4 Å². The lowest BCUT2D eigenvalue weighted by molar-refractivity contribution is 0.0973. The van der Waals surface area contributed by atoms with Gasteiger partial charge in [-0.3, -0.25) is 4.79 Å². The van der Waals surface area contributed by atoms with E-state index in [1.807, 2.05) is 37.3 Å². The van der Waals surface area contributed by atoms with Gasteiger partial charge in [-0.2, -0.15) is 0 Å². The molecular formula is C16H13Cl2NO. The van der Waals surface area contributed by atoms with Crippen molar-refractivity contribution < 1.29 is 4.79 Å². The molecule has 0 aromatic heterocycles. The molecule has 0 heterocycles. The Morgan fingerprint density at radius 2 is 1.50 bits per heavy atom. The maximum absolute atomic E-state index is 12.1. The fourth-order valence-corrected chi connectivity index (χ4v) is 2.04. The lowest BCUT2D eigenvalue weighted by atomic mass is 10.1. The fraction of sp³-hybridized carbons (Fsp3) is 0.0625. The molecule has 102 valence electrons. The van der Waals surface area contributed by atoms with Gasteiger partial charge in [0.05, 0.1) is 5.70 Å². The Morgan fingerprint density at radius 3 is 2.05 bits per heavy atom. The molecule has 0 saturated heterocycles. The van der Waals surface area contributed by atoms with Crippen LogP contribution < -0.4 is 5.32 Å². The SMILES string of the molecule is Cc1ccc(C(NC(=O)c2ccccc2)=C(Cl)Cl)cc1. The fourth-order valence-electron chi connectivity index (χ4n) is 1.72. The normalized spacial score (nSPS) is 9.95. The minimum absolute atomic E-state index is 0.0261. The van der Waals surface area contributed by atoms with Gasteiger partial charge in [0.1, 0.15) is 4.49 Å². The van der Waals surface area contributed by atoms with Gasteiger partial charge < -0.3 is 5.32 Å². The largest absolute Gasteiger partial charge is 0.319 e. The minimum Gasteiger partial charge on any atom is -0.319 e. The molecule has 2 nitrogen and oxygen atoms in total. The predicted molar refractivity (Wildman–Crippen MR) is 83.7 cm³/mol. The number of nitrogens with one attached hydrogen (secondary N) is 1. The third-order valence-electron chi connectivity index (χ3n) is 2.80. The van der Waals surface area contributed by atoms with Crippen molar-refractivity contribution in [2.45, 2.75) is 6.92 Å². The Kier molecular flexibility index (Phi) is 4.83. The summed E-state index contributed by atoms with van der Waals surface area (Å²) in [6, 6.07) is 16.5. The first-order valence-electron chi connectivity index (χ1n) is 6.06. The number of benzene rings is 2. The number of aryl methyl sites for hydroxylation is 1. The number of carbonyl (C=O) groups is 1. The molecule has 1 amide bonds. The van der Waals surface area contributed by atoms with Gasteiger partial charge in [-0.05, 0) is 19.1 Å². The van der Waals surface area contributed by atoms with Gasteiger partial charge in [0, 0.05) is 11.1 Å². The number of hydrogen-bond donors (Lipinski definition) is 1. The smallest absolute Gasteiger partial charge is 0.255 e. The second-order valence-corrected chi connectivity index (χ2v) is 5.27. The van der Waals surface area contributed by atoms with E-state index in [4.69, 9.17) is 23.2 Å². The number of amides is 1. The van der Waals surface area contributed by atoms with Crippen LogP contribution in [0.3, 0.4) is 0 Å². The number of carbonyl (C=O) groups excluding carboxylic acids is 1. The highest BCUT2D eigenvalue weighted by Crippen LogP contribution is 2.22. The Morgan fingerprint density at radius 1 is 0.900 bits per heavy atom. The first-order chi connectivity index (χ1) is 9.58. The van der Waals surface area contributed by atoms with Crippen LogP contribution in [-0.4, -0.2) is 5.91 Å². The highest BCUT2D eigenvalue weighted by molar-refractivity contribution is 6.58. The standard InChI is InChI=1S/C16H13Cl2NO/c1-11-7-9-12(10-8-11)14(15(17)18)19-16(20)13-5-3-2-4-6-13/h2-10H,1H3,(H,19,20). The van der Waals surface area contributed by atoms with Crippen molar-refractivity contribution in [2.24, 2.45) is 0 Å². The van der Waals surface area contributed by atoms with Crippen molar-refractivity contribution in [3.63, 3.8) is 0 Å². The third-order valence-corrected chi connectivity index (χ3v) is 3.18. The Bertz CT molecular complexity index is 629. The third kappa shape index (κ3) is 3.62. The molecule has 0 aliphatic rings. The molecule has 0 spiro atoms. The first kappa shape index (κ1) is 14.6. The zero-order chi connectivity index (χ0) is 14.5. The van der Waals surface area contributed by atoms with E-state index >= 15 is 0 Å². The van der Waals surface area contributed by atoms with Gasteiger partial charge in [-0.1, -0.05) is 71.2 Å². The molecule has 0 aliphatic carbocycles. The zero-order valence-electron chi connectivity index (χ0n) is 10.9. The Balaban J connectivity index is 2.26. The second-order valence-electron chi connectivity index (χ2n) is 4.32. The Hall–Kier alpha value is -1.77. The summed E-state index contributed by atoms with van der Waals surface area (Å²) in [5.74, 6) is -0.250. The van der Waals surface area contributed by atoms with Crippen molar-refractivity contribution in [3.05, 3.63) is 75.8 Å². The molecule has 0 saturated carbocycles. The van der Waals surface area contributed by atoms with E-state index in [2.05, 4.69) is 5.32 Å². The molecule has 2 aromatic carbocycles. The molecule has 20 heavy (non-hydrogen) atoms.